The molecule has 0 unspecified atom stereocenters. The smallest absolute Gasteiger partial charge is 0.414 e. The normalized spacial score (nSPS) is 19.5. The van der Waals surface area contributed by atoms with Gasteiger partial charge in [0.1, 0.15) is 5.70 Å². The Morgan fingerprint density at radius 3 is 2.27 bits per heavy atom. The van der Waals surface area contributed by atoms with Gasteiger partial charge in [-0.05, 0) is 30.6 Å². The average molecular weight is 329 g/mol. The summed E-state index contributed by atoms with van der Waals surface area (Å²) in [5.41, 5.74) is 0.185. The molecule has 126 valence electrons. The highest BCUT2D eigenvalue weighted by Crippen LogP contribution is 2.38. The molecular formula is C15H27NO5Si. The second-order valence-corrected chi connectivity index (χ2v) is 11.6. The molecule has 1 rings (SSSR count). The molecule has 1 aliphatic heterocycles. The fourth-order valence-corrected chi connectivity index (χ4v) is 3.25. The van der Waals surface area contributed by atoms with Crippen LogP contribution in [0.25, 0.3) is 0 Å². The number of carbonyl (C=O) groups is 2. The fourth-order valence-electron chi connectivity index (χ4n) is 1.96. The van der Waals surface area contributed by atoms with Crippen LogP contribution < -0.4 is 0 Å². The summed E-state index contributed by atoms with van der Waals surface area (Å²) in [6.45, 7) is 11.2. The Bertz CT molecular complexity index is 467. The highest BCUT2D eigenvalue weighted by Gasteiger charge is 2.40. The van der Waals surface area contributed by atoms with Crippen molar-refractivity contribution >= 4 is 20.4 Å². The van der Waals surface area contributed by atoms with E-state index in [0.29, 0.717) is 13.0 Å². The van der Waals surface area contributed by atoms with Crippen LogP contribution in [0.3, 0.4) is 0 Å². The Hall–Kier alpha value is -1.34. The maximum Gasteiger partial charge on any atom is 0.414 e. The topological polar surface area (TPSA) is 65.1 Å². The molecule has 1 atom stereocenters. The Balaban J connectivity index is 3.02. The lowest BCUT2D eigenvalue weighted by Crippen LogP contribution is -2.47. The van der Waals surface area contributed by atoms with E-state index in [2.05, 4.69) is 33.9 Å². The number of carbonyl (C=O) groups excluding carboxylic acids is 2. The molecule has 0 aliphatic carbocycles. The molecule has 6 nitrogen and oxygen atoms in total. The first-order valence-corrected chi connectivity index (χ1v) is 10.3. The van der Waals surface area contributed by atoms with Crippen molar-refractivity contribution in [3.8, 4) is 0 Å². The zero-order chi connectivity index (χ0) is 17.1. The summed E-state index contributed by atoms with van der Waals surface area (Å²) < 4.78 is 15.8. The maximum absolute atomic E-state index is 11.9. The molecule has 0 bridgehead atoms. The molecule has 0 N–H and O–H groups in total. The number of amides is 1. The minimum absolute atomic E-state index is 0.0752. The van der Waals surface area contributed by atoms with Crippen LogP contribution in [0.4, 0.5) is 4.79 Å². The first-order valence-electron chi connectivity index (χ1n) is 7.37. The average Bonchev–Trinajstić information content (AvgIpc) is 2.43. The minimum Gasteiger partial charge on any atom is -0.464 e. The minimum atomic E-state index is -1.96. The van der Waals surface area contributed by atoms with Gasteiger partial charge >= 0.3 is 12.1 Å². The maximum atomic E-state index is 11.9. The first kappa shape index (κ1) is 18.7. The zero-order valence-corrected chi connectivity index (χ0v) is 15.6. The fraction of sp³-hybridized carbons (Fsp3) is 0.733. The summed E-state index contributed by atoms with van der Waals surface area (Å²) in [5.74, 6) is -0.561. The summed E-state index contributed by atoms with van der Waals surface area (Å²) in [5, 5.41) is 0.0752. The SMILES string of the molecule is COC(=O)C1=C[C@H](O[Si](C)(C)C(C)(C)C)CCN1C(=O)OC. The van der Waals surface area contributed by atoms with E-state index in [1.54, 1.807) is 6.08 Å². The van der Waals surface area contributed by atoms with Gasteiger partial charge in [-0.3, -0.25) is 4.90 Å². The third-order valence-electron chi connectivity index (χ3n) is 4.31. The lowest BCUT2D eigenvalue weighted by atomic mass is 10.1. The molecule has 0 aromatic rings. The lowest BCUT2D eigenvalue weighted by Gasteiger charge is -2.40. The van der Waals surface area contributed by atoms with Crippen LogP contribution >= 0.6 is 0 Å². The van der Waals surface area contributed by atoms with Crippen LogP contribution in [0.2, 0.25) is 18.1 Å². The molecule has 7 heteroatoms. The predicted molar refractivity (Wildman–Crippen MR) is 85.9 cm³/mol. The van der Waals surface area contributed by atoms with Gasteiger partial charge in [-0.25, -0.2) is 9.59 Å². The van der Waals surface area contributed by atoms with E-state index in [0.717, 1.165) is 0 Å². The number of methoxy groups -OCH3 is 2. The van der Waals surface area contributed by atoms with Crippen molar-refractivity contribution in [1.29, 1.82) is 0 Å². The van der Waals surface area contributed by atoms with Gasteiger partial charge in [0.05, 0.1) is 20.3 Å². The van der Waals surface area contributed by atoms with Gasteiger partial charge < -0.3 is 13.9 Å². The Labute approximate surface area is 133 Å². The number of hydrogen-bond donors (Lipinski definition) is 0. The highest BCUT2D eigenvalue weighted by atomic mass is 28.4. The van der Waals surface area contributed by atoms with Crippen LogP contribution in [-0.2, 0) is 18.7 Å². The molecule has 0 aromatic heterocycles. The van der Waals surface area contributed by atoms with Gasteiger partial charge in [-0.2, -0.15) is 0 Å². The Morgan fingerprint density at radius 2 is 1.82 bits per heavy atom. The molecule has 0 saturated heterocycles. The summed E-state index contributed by atoms with van der Waals surface area (Å²) >= 11 is 0. The van der Waals surface area contributed by atoms with Crippen molar-refractivity contribution in [3.05, 3.63) is 11.8 Å². The molecule has 0 radical (unpaired) electrons. The van der Waals surface area contributed by atoms with Gasteiger partial charge in [0.25, 0.3) is 0 Å². The number of ether oxygens (including phenoxy) is 2. The summed E-state index contributed by atoms with van der Waals surface area (Å²) in [7, 11) is 0.620. The summed E-state index contributed by atoms with van der Waals surface area (Å²) in [4.78, 5) is 25.0. The Kier molecular flexibility index (Phi) is 5.80. The third-order valence-corrected chi connectivity index (χ3v) is 8.82. The molecular weight excluding hydrogens is 302 g/mol. The molecule has 0 fully saturated rings. The van der Waals surface area contributed by atoms with Gasteiger partial charge in [-0.15, -0.1) is 0 Å². The van der Waals surface area contributed by atoms with Gasteiger partial charge in [-0.1, -0.05) is 20.8 Å². The van der Waals surface area contributed by atoms with Crippen LogP contribution in [-0.4, -0.2) is 52.1 Å². The summed E-state index contributed by atoms with van der Waals surface area (Å²) in [6.07, 6.45) is 1.54. The molecule has 1 amide bonds. The van der Waals surface area contributed by atoms with Crippen molar-refractivity contribution in [2.45, 2.75) is 51.4 Å². The number of esters is 1. The van der Waals surface area contributed by atoms with Gasteiger partial charge in [0.15, 0.2) is 8.32 Å². The number of nitrogens with zero attached hydrogens (tertiary/aromatic N) is 1. The second kappa shape index (κ2) is 6.83. The second-order valence-electron chi connectivity index (χ2n) is 6.87. The van der Waals surface area contributed by atoms with Crippen molar-refractivity contribution in [2.24, 2.45) is 0 Å². The largest absolute Gasteiger partial charge is 0.464 e. The van der Waals surface area contributed by atoms with Crippen LogP contribution in [0.5, 0.6) is 0 Å². The van der Waals surface area contributed by atoms with E-state index in [4.69, 9.17) is 13.9 Å². The molecule has 0 saturated carbocycles. The van der Waals surface area contributed by atoms with E-state index in [1.807, 2.05) is 0 Å². The van der Waals surface area contributed by atoms with Gasteiger partial charge in [0, 0.05) is 6.54 Å². The first-order chi connectivity index (χ1) is 10.0. The quantitative estimate of drug-likeness (QED) is 0.588. The van der Waals surface area contributed by atoms with Crippen LogP contribution in [0, 0.1) is 0 Å². The van der Waals surface area contributed by atoms with Gasteiger partial charge in [0.2, 0.25) is 0 Å². The number of hydrogen-bond acceptors (Lipinski definition) is 5. The molecule has 0 aromatic carbocycles. The van der Waals surface area contributed by atoms with E-state index in [9.17, 15) is 9.59 Å². The lowest BCUT2D eigenvalue weighted by molar-refractivity contribution is -0.138. The van der Waals surface area contributed by atoms with E-state index < -0.39 is 20.4 Å². The molecule has 0 spiro atoms. The molecule has 22 heavy (non-hydrogen) atoms. The monoisotopic (exact) mass is 329 g/mol. The van der Waals surface area contributed by atoms with Crippen molar-refractivity contribution in [1.82, 2.24) is 4.90 Å². The zero-order valence-electron chi connectivity index (χ0n) is 14.6. The predicted octanol–water partition coefficient (Wildman–Crippen LogP) is 2.91. The third kappa shape index (κ3) is 4.10. The standard InChI is InChI=1S/C15H27NO5Si/c1-15(2,3)22(6,7)21-11-8-9-16(14(18)20-5)12(10-11)13(17)19-4/h10-11H,8-9H2,1-7H3/t11-/m1/s1. The molecule has 1 heterocycles. The van der Waals surface area contributed by atoms with E-state index in [1.165, 1.54) is 19.1 Å². The van der Waals surface area contributed by atoms with Crippen LogP contribution in [0.15, 0.2) is 11.8 Å². The van der Waals surface area contributed by atoms with Crippen LogP contribution in [0.1, 0.15) is 27.2 Å². The van der Waals surface area contributed by atoms with Crippen molar-refractivity contribution in [3.63, 3.8) is 0 Å². The number of rotatable bonds is 3. The van der Waals surface area contributed by atoms with Crippen molar-refractivity contribution in [2.75, 3.05) is 20.8 Å². The van der Waals surface area contributed by atoms with Crippen molar-refractivity contribution < 1.29 is 23.5 Å². The van der Waals surface area contributed by atoms with E-state index >= 15 is 0 Å². The molecule has 1 aliphatic rings. The van der Waals surface area contributed by atoms with E-state index in [-0.39, 0.29) is 16.8 Å². The Morgan fingerprint density at radius 1 is 1.23 bits per heavy atom. The summed E-state index contributed by atoms with van der Waals surface area (Å²) in [6, 6.07) is 0. The highest BCUT2D eigenvalue weighted by molar-refractivity contribution is 6.74.